The average molecular weight is 382 g/mol. The number of nitrogens with one attached hydrogen (secondary N) is 1. The summed E-state index contributed by atoms with van der Waals surface area (Å²) in [5.74, 6) is 1.50. The highest BCUT2D eigenvalue weighted by molar-refractivity contribution is 7.85. The predicted octanol–water partition coefficient (Wildman–Crippen LogP) is 1.91. The normalized spacial score (nSPS) is 24.0. The molecule has 2 atom stereocenters. The number of thiocarbonyl (C=S) groups is 1. The molecule has 2 aliphatic heterocycles. The van der Waals surface area contributed by atoms with Crippen LogP contribution in [0, 0.1) is 0 Å². The van der Waals surface area contributed by atoms with Gasteiger partial charge in [0.05, 0.1) is 18.1 Å². The number of cyclic esters (lactones) is 1. The monoisotopic (exact) mass is 381 g/mol. The molecule has 136 valence electrons. The van der Waals surface area contributed by atoms with E-state index >= 15 is 0 Å². The Morgan fingerprint density at radius 3 is 2.72 bits per heavy atom. The third-order valence-electron chi connectivity index (χ3n) is 4.37. The molecule has 2 heterocycles. The Kier molecular flexibility index (Phi) is 5.90. The van der Waals surface area contributed by atoms with Gasteiger partial charge in [-0.25, -0.2) is 4.79 Å². The summed E-state index contributed by atoms with van der Waals surface area (Å²) >= 11 is 4.99. The van der Waals surface area contributed by atoms with Crippen molar-refractivity contribution in [2.45, 2.75) is 19.4 Å². The fourth-order valence-electron chi connectivity index (χ4n) is 3.04. The zero-order chi connectivity index (χ0) is 17.8. The molecule has 1 N–H and O–H groups in total. The minimum Gasteiger partial charge on any atom is -0.442 e. The number of carbonyl (C=O) groups excluding carboxylic acids is 1. The highest BCUT2D eigenvalue weighted by atomic mass is 32.2. The quantitative estimate of drug-likeness (QED) is 0.804. The smallest absolute Gasteiger partial charge is 0.414 e. The van der Waals surface area contributed by atoms with E-state index in [9.17, 15) is 9.00 Å². The maximum Gasteiger partial charge on any atom is 0.414 e. The van der Waals surface area contributed by atoms with Crippen LogP contribution >= 0.6 is 12.2 Å². The van der Waals surface area contributed by atoms with Crippen molar-refractivity contribution in [3.63, 3.8) is 0 Å². The highest BCUT2D eigenvalue weighted by Crippen LogP contribution is 2.25. The summed E-state index contributed by atoms with van der Waals surface area (Å²) in [6.07, 6.45) is 0.415. The number of hydrogen-bond donors (Lipinski definition) is 1. The van der Waals surface area contributed by atoms with Crippen molar-refractivity contribution < 1.29 is 13.7 Å². The first-order valence-corrected chi connectivity index (χ1v) is 10.3. The first kappa shape index (κ1) is 18.1. The van der Waals surface area contributed by atoms with Gasteiger partial charge in [-0.05, 0) is 37.6 Å². The van der Waals surface area contributed by atoms with Gasteiger partial charge in [0, 0.05) is 46.8 Å². The van der Waals surface area contributed by atoms with Crippen LogP contribution in [0.4, 0.5) is 16.2 Å². The molecule has 0 aromatic heterocycles. The first-order chi connectivity index (χ1) is 12.0. The van der Waals surface area contributed by atoms with Gasteiger partial charge in [-0.15, -0.1) is 0 Å². The van der Waals surface area contributed by atoms with Gasteiger partial charge in [-0.1, -0.05) is 12.2 Å². The molecule has 6 nitrogen and oxygen atoms in total. The number of hydrogen-bond acceptors (Lipinski definition) is 5. The molecule has 0 bridgehead atoms. The zero-order valence-electron chi connectivity index (χ0n) is 14.3. The van der Waals surface area contributed by atoms with Crippen LogP contribution in [0.1, 0.15) is 13.3 Å². The number of ether oxygens (including phenoxy) is 1. The van der Waals surface area contributed by atoms with Crippen molar-refractivity contribution in [3.8, 4) is 0 Å². The van der Waals surface area contributed by atoms with Crippen molar-refractivity contribution in [2.75, 3.05) is 47.5 Å². The van der Waals surface area contributed by atoms with Crippen molar-refractivity contribution in [3.05, 3.63) is 24.3 Å². The first-order valence-electron chi connectivity index (χ1n) is 8.45. The van der Waals surface area contributed by atoms with E-state index in [1.807, 2.05) is 24.3 Å². The lowest BCUT2D eigenvalue weighted by Crippen LogP contribution is -2.32. The molecule has 1 amide bonds. The van der Waals surface area contributed by atoms with Gasteiger partial charge in [0.25, 0.3) is 0 Å². The molecule has 1 aromatic rings. The lowest BCUT2D eigenvalue weighted by atomic mass is 10.2. The minimum absolute atomic E-state index is 0.203. The van der Waals surface area contributed by atoms with Crippen molar-refractivity contribution in [1.29, 1.82) is 0 Å². The van der Waals surface area contributed by atoms with Gasteiger partial charge in [0.1, 0.15) is 6.10 Å². The Bertz CT molecular complexity index is 666. The van der Waals surface area contributed by atoms with E-state index < -0.39 is 10.8 Å². The van der Waals surface area contributed by atoms with Gasteiger partial charge in [0.2, 0.25) is 0 Å². The largest absolute Gasteiger partial charge is 0.442 e. The molecule has 2 saturated heterocycles. The summed E-state index contributed by atoms with van der Waals surface area (Å²) in [4.78, 5) is 16.7. The standard InChI is InChI=1S/C17H23N3O3S2/c1-13(24)18-11-16-12-20(17(21)23-16)15-5-3-14(4-6-15)19-7-2-9-25(22)10-8-19/h3-6,16H,2,7-12H2,1H3,(H,18,24)/t16-,25?/m0/s1. The second-order valence-corrected chi connectivity index (χ2v) is 8.57. The van der Waals surface area contributed by atoms with E-state index in [4.69, 9.17) is 17.0 Å². The Morgan fingerprint density at radius 2 is 2.00 bits per heavy atom. The van der Waals surface area contributed by atoms with Gasteiger partial charge < -0.3 is 15.0 Å². The Balaban J connectivity index is 1.63. The Morgan fingerprint density at radius 1 is 1.28 bits per heavy atom. The minimum atomic E-state index is -0.699. The number of rotatable bonds is 4. The molecule has 1 aromatic carbocycles. The molecule has 2 fully saturated rings. The molecule has 0 saturated carbocycles. The van der Waals surface area contributed by atoms with Crippen LogP contribution in [-0.4, -0.2) is 59.1 Å². The number of amides is 1. The lowest BCUT2D eigenvalue weighted by Gasteiger charge is -2.23. The summed E-state index contributed by atoms with van der Waals surface area (Å²) in [7, 11) is -0.699. The number of anilines is 2. The Hall–Kier alpha value is -1.67. The van der Waals surface area contributed by atoms with Crippen molar-refractivity contribution in [2.24, 2.45) is 0 Å². The predicted molar refractivity (Wildman–Crippen MR) is 105 cm³/mol. The van der Waals surface area contributed by atoms with E-state index in [0.717, 1.165) is 36.6 Å². The average Bonchev–Trinajstić information content (AvgIpc) is 2.82. The molecule has 1 unspecified atom stereocenters. The van der Waals surface area contributed by atoms with Gasteiger partial charge in [-0.3, -0.25) is 9.11 Å². The lowest BCUT2D eigenvalue weighted by molar-refractivity contribution is 0.143. The summed E-state index contributed by atoms with van der Waals surface area (Å²) in [5, 5.41) is 3.04. The van der Waals surface area contributed by atoms with E-state index in [1.54, 1.807) is 11.8 Å². The maximum atomic E-state index is 12.1. The molecule has 2 aliphatic rings. The molecule has 0 aliphatic carbocycles. The second-order valence-electron chi connectivity index (χ2n) is 6.26. The Labute approximate surface area is 156 Å². The van der Waals surface area contributed by atoms with Crippen molar-refractivity contribution in [1.82, 2.24) is 5.32 Å². The van der Waals surface area contributed by atoms with Gasteiger partial charge in [0.15, 0.2) is 0 Å². The maximum absolute atomic E-state index is 12.1. The third kappa shape index (κ3) is 4.70. The molecule has 0 radical (unpaired) electrons. The van der Waals surface area contributed by atoms with E-state index in [0.29, 0.717) is 23.8 Å². The van der Waals surface area contributed by atoms with Crippen LogP contribution in [0.15, 0.2) is 24.3 Å². The van der Waals surface area contributed by atoms with Gasteiger partial charge in [-0.2, -0.15) is 0 Å². The van der Waals surface area contributed by atoms with E-state index in [2.05, 4.69) is 10.2 Å². The third-order valence-corrected chi connectivity index (χ3v) is 5.89. The summed E-state index contributed by atoms with van der Waals surface area (Å²) in [6.45, 7) is 4.57. The molecule has 8 heteroatoms. The fourth-order valence-corrected chi connectivity index (χ4v) is 4.20. The SMILES string of the molecule is CC(=S)NC[C@H]1CN(c2ccc(N3CCCS(=O)CC3)cc2)C(=O)O1. The molecular weight excluding hydrogens is 358 g/mol. The van der Waals surface area contributed by atoms with E-state index in [1.165, 1.54) is 0 Å². The summed E-state index contributed by atoms with van der Waals surface area (Å²) in [6, 6.07) is 7.92. The zero-order valence-corrected chi connectivity index (χ0v) is 15.9. The second kappa shape index (κ2) is 8.14. The molecule has 3 rings (SSSR count). The highest BCUT2D eigenvalue weighted by Gasteiger charge is 2.32. The number of benzene rings is 1. The van der Waals surface area contributed by atoms with E-state index in [-0.39, 0.29) is 12.2 Å². The fraction of sp³-hybridized carbons (Fsp3) is 0.529. The van der Waals surface area contributed by atoms with Crippen LogP contribution in [-0.2, 0) is 15.5 Å². The van der Waals surface area contributed by atoms with Crippen LogP contribution in [0.5, 0.6) is 0 Å². The van der Waals surface area contributed by atoms with Crippen LogP contribution < -0.4 is 15.1 Å². The van der Waals surface area contributed by atoms with Crippen molar-refractivity contribution >= 4 is 45.5 Å². The summed E-state index contributed by atoms with van der Waals surface area (Å²) in [5.41, 5.74) is 1.93. The number of nitrogens with zero attached hydrogens (tertiary/aromatic N) is 2. The topological polar surface area (TPSA) is 61.9 Å². The van der Waals surface area contributed by atoms with Gasteiger partial charge >= 0.3 is 6.09 Å². The summed E-state index contributed by atoms with van der Waals surface area (Å²) < 4.78 is 17.0. The van der Waals surface area contributed by atoms with Crippen LogP contribution in [0.2, 0.25) is 0 Å². The van der Waals surface area contributed by atoms with Crippen LogP contribution in [0.25, 0.3) is 0 Å². The molecular formula is C17H23N3O3S2. The molecule has 0 spiro atoms. The van der Waals surface area contributed by atoms with Crippen LogP contribution in [0.3, 0.4) is 0 Å². The molecule has 25 heavy (non-hydrogen) atoms. The number of carbonyl (C=O) groups is 1.